The van der Waals surface area contributed by atoms with Gasteiger partial charge in [0.05, 0.1) is 0 Å². The van der Waals surface area contributed by atoms with Crippen LogP contribution in [0.1, 0.15) is 12.5 Å². The topological polar surface area (TPSA) is 81.4 Å². The summed E-state index contributed by atoms with van der Waals surface area (Å²) in [6.45, 7) is 1.32. The first-order valence-electron chi connectivity index (χ1n) is 4.31. The molecule has 3 N–H and O–H groups in total. The Balaban J connectivity index is 3.29. The molecule has 1 aromatic carbocycles. The van der Waals surface area contributed by atoms with Gasteiger partial charge in [-0.05, 0) is 6.92 Å². The van der Waals surface area contributed by atoms with Crippen molar-refractivity contribution in [2.75, 3.05) is 0 Å². The quantitative estimate of drug-likeness (QED) is 0.401. The Morgan fingerprint density at radius 1 is 1.20 bits per heavy atom. The fourth-order valence-corrected chi connectivity index (χ4v) is 1.18. The van der Waals surface area contributed by atoms with Crippen molar-refractivity contribution >= 4 is 17.4 Å². The van der Waals surface area contributed by atoms with Crippen molar-refractivity contribution in [3.63, 3.8) is 0 Å². The molecule has 1 aromatic rings. The van der Waals surface area contributed by atoms with Crippen LogP contribution in [0.5, 0.6) is 0 Å². The number of aliphatic hydroxyl groups excluding tert-OH is 1. The summed E-state index contributed by atoms with van der Waals surface area (Å²) in [6, 6.07) is 8.30. The first-order chi connectivity index (χ1) is 7.04. The van der Waals surface area contributed by atoms with E-state index in [1.54, 1.807) is 30.3 Å². The highest BCUT2D eigenvalue weighted by atomic mass is 16.4. The van der Waals surface area contributed by atoms with Gasteiger partial charge in [-0.2, -0.15) is 0 Å². The number of carboxylic acids is 1. The Morgan fingerprint density at radius 3 is 2.13 bits per heavy atom. The molecule has 0 saturated carbocycles. The molecule has 0 aliphatic heterocycles. The number of nitrogens with one attached hydrogen (secondary N) is 1. The molecular formula is C11H11NO3. The molecule has 0 aliphatic rings. The molecule has 15 heavy (non-hydrogen) atoms. The van der Waals surface area contributed by atoms with Crippen LogP contribution in [0.3, 0.4) is 0 Å². The summed E-state index contributed by atoms with van der Waals surface area (Å²) >= 11 is 0. The molecule has 0 radical (unpaired) electrons. The fourth-order valence-electron chi connectivity index (χ4n) is 1.18. The average Bonchev–Trinajstić information content (AvgIpc) is 2.18. The summed E-state index contributed by atoms with van der Waals surface area (Å²) in [6.07, 6.45) is 0. The summed E-state index contributed by atoms with van der Waals surface area (Å²) in [5.74, 6) is -1.68. The standard InChI is InChI=1S/C11H11NO3/c1-7(12)9(11(14)15)10(13)8-5-3-2-4-6-8/h2-6,12-13H,1H3,(H,14,15)/b10-9+,12-7?. The number of rotatable bonds is 3. The number of carboxylic acid groups (broad SMARTS) is 1. The number of hydrogen-bond donors (Lipinski definition) is 3. The van der Waals surface area contributed by atoms with Crippen molar-refractivity contribution in [3.05, 3.63) is 41.5 Å². The molecule has 0 heterocycles. The van der Waals surface area contributed by atoms with Crippen LogP contribution >= 0.6 is 0 Å². The number of benzene rings is 1. The number of aliphatic carboxylic acids is 1. The predicted molar refractivity (Wildman–Crippen MR) is 57.0 cm³/mol. The molecule has 0 bridgehead atoms. The smallest absolute Gasteiger partial charge is 0.341 e. The van der Waals surface area contributed by atoms with Gasteiger partial charge in [-0.1, -0.05) is 30.3 Å². The minimum atomic E-state index is -1.30. The lowest BCUT2D eigenvalue weighted by molar-refractivity contribution is -0.132. The molecule has 78 valence electrons. The van der Waals surface area contributed by atoms with Gasteiger partial charge in [0.2, 0.25) is 0 Å². The van der Waals surface area contributed by atoms with Crippen LogP contribution < -0.4 is 0 Å². The highest BCUT2D eigenvalue weighted by molar-refractivity contribution is 6.21. The average molecular weight is 205 g/mol. The van der Waals surface area contributed by atoms with Crippen molar-refractivity contribution in [2.45, 2.75) is 6.92 Å². The lowest BCUT2D eigenvalue weighted by atomic mass is 10.1. The Bertz CT molecular complexity index is 405. The molecule has 1 rings (SSSR count). The van der Waals surface area contributed by atoms with Gasteiger partial charge in [-0.3, -0.25) is 0 Å². The maximum absolute atomic E-state index is 10.8. The summed E-state index contributed by atoms with van der Waals surface area (Å²) in [5.41, 5.74) is -0.161. The zero-order valence-corrected chi connectivity index (χ0v) is 8.19. The van der Waals surface area contributed by atoms with Gasteiger partial charge in [0.25, 0.3) is 0 Å². The molecule has 0 saturated heterocycles. The number of carbonyl (C=O) groups is 1. The van der Waals surface area contributed by atoms with Crippen molar-refractivity contribution in [1.82, 2.24) is 0 Å². The van der Waals surface area contributed by atoms with Crippen molar-refractivity contribution in [3.8, 4) is 0 Å². The summed E-state index contributed by atoms with van der Waals surface area (Å²) in [4.78, 5) is 10.8. The van der Waals surface area contributed by atoms with E-state index in [4.69, 9.17) is 10.5 Å². The molecule has 0 fully saturated rings. The van der Waals surface area contributed by atoms with Gasteiger partial charge < -0.3 is 15.6 Å². The van der Waals surface area contributed by atoms with Gasteiger partial charge in [-0.15, -0.1) is 0 Å². The lowest BCUT2D eigenvalue weighted by Gasteiger charge is -2.05. The number of aliphatic hydroxyl groups is 1. The van der Waals surface area contributed by atoms with E-state index in [-0.39, 0.29) is 17.0 Å². The van der Waals surface area contributed by atoms with E-state index in [0.29, 0.717) is 5.56 Å². The van der Waals surface area contributed by atoms with Crippen molar-refractivity contribution < 1.29 is 15.0 Å². The summed E-state index contributed by atoms with van der Waals surface area (Å²) in [7, 11) is 0. The van der Waals surface area contributed by atoms with Crippen LogP contribution in [0, 0.1) is 5.41 Å². The van der Waals surface area contributed by atoms with Crippen LogP contribution in [0.15, 0.2) is 35.9 Å². The Hall–Kier alpha value is -2.10. The molecule has 0 spiro atoms. The second-order valence-corrected chi connectivity index (χ2v) is 3.02. The molecule has 0 atom stereocenters. The van der Waals surface area contributed by atoms with Gasteiger partial charge in [0.15, 0.2) is 0 Å². The number of hydrogen-bond acceptors (Lipinski definition) is 3. The van der Waals surface area contributed by atoms with Gasteiger partial charge >= 0.3 is 5.97 Å². The van der Waals surface area contributed by atoms with Gasteiger partial charge in [-0.25, -0.2) is 4.79 Å². The Labute approximate surface area is 87.0 Å². The molecule has 4 heteroatoms. The van der Waals surface area contributed by atoms with Crippen LogP contribution in [0.25, 0.3) is 5.76 Å². The second-order valence-electron chi connectivity index (χ2n) is 3.02. The molecule has 0 unspecified atom stereocenters. The predicted octanol–water partition coefficient (Wildman–Crippen LogP) is 2.08. The first-order valence-corrected chi connectivity index (χ1v) is 4.31. The highest BCUT2D eigenvalue weighted by Gasteiger charge is 2.17. The van der Waals surface area contributed by atoms with Gasteiger partial charge in [0.1, 0.15) is 11.3 Å². The Morgan fingerprint density at radius 2 is 1.73 bits per heavy atom. The minimum Gasteiger partial charge on any atom is -0.506 e. The minimum absolute atomic E-state index is 0.177. The normalized spacial score (nSPS) is 11.8. The SMILES string of the molecule is CC(=N)/C(C(=O)O)=C(\O)c1ccccc1. The Kier molecular flexibility index (Phi) is 3.23. The molecule has 0 amide bonds. The third-order valence-corrected chi connectivity index (χ3v) is 1.87. The maximum atomic E-state index is 10.8. The lowest BCUT2D eigenvalue weighted by Crippen LogP contribution is -2.11. The van der Waals surface area contributed by atoms with Crippen LogP contribution in [-0.2, 0) is 4.79 Å². The summed E-state index contributed by atoms with van der Waals surface area (Å²) < 4.78 is 0. The van der Waals surface area contributed by atoms with E-state index in [1.165, 1.54) is 6.92 Å². The van der Waals surface area contributed by atoms with E-state index in [9.17, 15) is 9.90 Å². The monoisotopic (exact) mass is 205 g/mol. The van der Waals surface area contributed by atoms with E-state index in [2.05, 4.69) is 0 Å². The molecule has 4 nitrogen and oxygen atoms in total. The third-order valence-electron chi connectivity index (χ3n) is 1.87. The second kappa shape index (κ2) is 4.41. The fraction of sp³-hybridized carbons (Fsp3) is 0.0909. The van der Waals surface area contributed by atoms with E-state index < -0.39 is 5.97 Å². The van der Waals surface area contributed by atoms with Crippen LogP contribution in [0.2, 0.25) is 0 Å². The zero-order valence-electron chi connectivity index (χ0n) is 8.19. The van der Waals surface area contributed by atoms with Crippen molar-refractivity contribution in [1.29, 1.82) is 5.41 Å². The largest absolute Gasteiger partial charge is 0.506 e. The van der Waals surface area contributed by atoms with Gasteiger partial charge in [0, 0.05) is 11.3 Å². The molecule has 0 aromatic heterocycles. The van der Waals surface area contributed by atoms with Crippen LogP contribution in [-0.4, -0.2) is 21.9 Å². The molecular weight excluding hydrogens is 194 g/mol. The zero-order chi connectivity index (χ0) is 11.4. The third kappa shape index (κ3) is 2.43. The summed E-state index contributed by atoms with van der Waals surface area (Å²) in [5, 5.41) is 25.8. The maximum Gasteiger partial charge on any atom is 0.341 e. The van der Waals surface area contributed by atoms with E-state index in [0.717, 1.165) is 0 Å². The van der Waals surface area contributed by atoms with Crippen LogP contribution in [0.4, 0.5) is 0 Å². The first kappa shape index (κ1) is 11.0. The van der Waals surface area contributed by atoms with E-state index in [1.807, 2.05) is 0 Å². The van der Waals surface area contributed by atoms with E-state index >= 15 is 0 Å². The molecule has 0 aliphatic carbocycles. The van der Waals surface area contributed by atoms with Crippen molar-refractivity contribution in [2.24, 2.45) is 0 Å². The highest BCUT2D eigenvalue weighted by Crippen LogP contribution is 2.16.